The van der Waals surface area contributed by atoms with Crippen LogP contribution in [-0.2, 0) is 30.7 Å². The third-order valence-corrected chi connectivity index (χ3v) is 8.40. The molecule has 33 heavy (non-hydrogen) atoms. The Morgan fingerprint density at radius 3 is 2.36 bits per heavy atom. The second-order valence-electron chi connectivity index (χ2n) is 8.69. The molecule has 0 radical (unpaired) electrons. The van der Waals surface area contributed by atoms with Crippen molar-refractivity contribution in [1.82, 2.24) is 27.9 Å². The average Bonchev–Trinajstić information content (AvgIpc) is 3.16. The van der Waals surface area contributed by atoms with Gasteiger partial charge in [0.25, 0.3) is 5.56 Å². The Balaban J connectivity index is 1.38. The van der Waals surface area contributed by atoms with E-state index in [-0.39, 0.29) is 11.2 Å². The summed E-state index contributed by atoms with van der Waals surface area (Å²) in [6.45, 7) is 6.79. The monoisotopic (exact) mass is 474 g/mol. The Morgan fingerprint density at radius 2 is 1.70 bits per heavy atom. The minimum Gasteiger partial charge on any atom is -0.328 e. The topological polar surface area (TPSA) is 102 Å². The quantitative estimate of drug-likeness (QED) is 0.514. The number of fused-ring (bicyclic) bond motifs is 1. The summed E-state index contributed by atoms with van der Waals surface area (Å²) in [5.41, 5.74) is 1.86. The van der Waals surface area contributed by atoms with Crippen molar-refractivity contribution >= 4 is 21.2 Å². The normalized spacial score (nSPS) is 16.0. The van der Waals surface area contributed by atoms with Gasteiger partial charge in [0, 0.05) is 46.8 Å². The van der Waals surface area contributed by atoms with Gasteiger partial charge in [-0.05, 0) is 38.4 Å². The number of aryl methyl sites for hydroxylation is 4. The Bertz CT molecular complexity index is 1410. The molecule has 4 rings (SSSR count). The lowest BCUT2D eigenvalue weighted by Crippen LogP contribution is -2.49. The largest absolute Gasteiger partial charge is 0.332 e. The molecule has 1 aliphatic heterocycles. The van der Waals surface area contributed by atoms with Crippen LogP contribution in [0.2, 0.25) is 0 Å². The number of sulfonamides is 1. The van der Waals surface area contributed by atoms with Crippen molar-refractivity contribution in [2.24, 2.45) is 14.1 Å². The van der Waals surface area contributed by atoms with Crippen molar-refractivity contribution in [2.75, 3.05) is 32.7 Å². The predicted octanol–water partition coefficient (Wildman–Crippen LogP) is 0.447. The zero-order valence-corrected chi connectivity index (χ0v) is 20.3. The third kappa shape index (κ3) is 4.28. The molecule has 178 valence electrons. The minimum atomic E-state index is -3.52. The first-order valence-corrected chi connectivity index (χ1v) is 12.5. The third-order valence-electron chi connectivity index (χ3n) is 6.34. The van der Waals surface area contributed by atoms with Crippen LogP contribution in [-0.4, -0.2) is 69.0 Å². The first kappa shape index (κ1) is 23.4. The summed E-state index contributed by atoms with van der Waals surface area (Å²) in [6, 6.07) is 5.40. The second-order valence-corrected chi connectivity index (χ2v) is 10.6. The highest BCUT2D eigenvalue weighted by molar-refractivity contribution is 7.89. The Kier molecular flexibility index (Phi) is 6.30. The molecule has 3 aromatic rings. The molecule has 0 N–H and O–H groups in total. The lowest BCUT2D eigenvalue weighted by atomic mass is 10.2. The number of piperazine rings is 1. The molecule has 2 aromatic heterocycles. The fourth-order valence-corrected chi connectivity index (χ4v) is 6.10. The maximum atomic E-state index is 13.1. The molecular formula is C22H30N6O4S. The second kappa shape index (κ2) is 8.88. The molecule has 0 bridgehead atoms. The van der Waals surface area contributed by atoms with E-state index in [0.717, 1.165) is 11.1 Å². The number of hydrogen-bond acceptors (Lipinski definition) is 6. The smallest absolute Gasteiger partial charge is 0.328 e. The highest BCUT2D eigenvalue weighted by Gasteiger charge is 2.29. The Labute approximate surface area is 192 Å². The zero-order valence-electron chi connectivity index (χ0n) is 19.5. The van der Waals surface area contributed by atoms with Gasteiger partial charge in [-0.15, -0.1) is 0 Å². The molecule has 0 amide bonds. The molecule has 1 aromatic carbocycles. The van der Waals surface area contributed by atoms with Crippen LogP contribution in [0.4, 0.5) is 0 Å². The van der Waals surface area contributed by atoms with E-state index >= 15 is 0 Å². The van der Waals surface area contributed by atoms with E-state index in [9.17, 15) is 18.0 Å². The van der Waals surface area contributed by atoms with Gasteiger partial charge in [0.15, 0.2) is 11.2 Å². The number of aromatic nitrogens is 4. The first-order chi connectivity index (χ1) is 15.6. The summed E-state index contributed by atoms with van der Waals surface area (Å²) in [5.74, 6) is 0. The van der Waals surface area contributed by atoms with Gasteiger partial charge in [0.2, 0.25) is 10.0 Å². The van der Waals surface area contributed by atoms with Gasteiger partial charge in [0.1, 0.15) is 0 Å². The molecule has 0 aliphatic carbocycles. The standard InChI is InChI=1S/C22H30N6O4S/c1-16-6-7-18(17(2)14-16)33(31,32)27-12-10-26(11-13-27)8-5-9-28-21(29)19-20(23-15-24(19)3)25(4)22(28)30/h6-7,14-15H,5,8-13H2,1-4H3. The van der Waals surface area contributed by atoms with Gasteiger partial charge in [-0.25, -0.2) is 18.2 Å². The van der Waals surface area contributed by atoms with E-state index in [1.165, 1.54) is 19.8 Å². The van der Waals surface area contributed by atoms with Gasteiger partial charge in [-0.1, -0.05) is 17.7 Å². The highest BCUT2D eigenvalue weighted by atomic mass is 32.2. The molecule has 0 unspecified atom stereocenters. The van der Waals surface area contributed by atoms with Crippen LogP contribution in [0.3, 0.4) is 0 Å². The maximum Gasteiger partial charge on any atom is 0.332 e. The van der Waals surface area contributed by atoms with E-state index in [1.54, 1.807) is 24.7 Å². The number of rotatable bonds is 6. The van der Waals surface area contributed by atoms with Gasteiger partial charge >= 0.3 is 5.69 Å². The SMILES string of the molecule is Cc1ccc(S(=O)(=O)N2CCN(CCCn3c(=O)c4c(ncn4C)n(C)c3=O)CC2)c(C)c1. The predicted molar refractivity (Wildman–Crippen MR) is 126 cm³/mol. The van der Waals surface area contributed by atoms with Crippen molar-refractivity contribution in [2.45, 2.75) is 31.7 Å². The Hall–Kier alpha value is -2.76. The number of imidazole rings is 1. The fraction of sp³-hybridized carbons (Fsp3) is 0.500. The van der Waals surface area contributed by atoms with Crippen molar-refractivity contribution in [3.8, 4) is 0 Å². The van der Waals surface area contributed by atoms with E-state index in [2.05, 4.69) is 9.88 Å². The van der Waals surface area contributed by atoms with Gasteiger partial charge in [0.05, 0.1) is 11.2 Å². The van der Waals surface area contributed by atoms with E-state index in [4.69, 9.17) is 0 Å². The molecular weight excluding hydrogens is 444 g/mol. The van der Waals surface area contributed by atoms with Crippen LogP contribution in [0.25, 0.3) is 11.2 Å². The lowest BCUT2D eigenvalue weighted by molar-refractivity contribution is 0.184. The summed E-state index contributed by atoms with van der Waals surface area (Å²) < 4.78 is 32.0. The molecule has 11 heteroatoms. The van der Waals surface area contributed by atoms with Crippen molar-refractivity contribution in [3.05, 3.63) is 56.5 Å². The molecule has 0 spiro atoms. The van der Waals surface area contributed by atoms with Gasteiger partial charge in [-0.2, -0.15) is 4.31 Å². The minimum absolute atomic E-state index is 0.299. The molecule has 3 heterocycles. The summed E-state index contributed by atoms with van der Waals surface area (Å²) >= 11 is 0. The van der Waals surface area contributed by atoms with Gasteiger partial charge < -0.3 is 9.47 Å². The first-order valence-electron chi connectivity index (χ1n) is 11.0. The van der Waals surface area contributed by atoms with Crippen LogP contribution < -0.4 is 11.2 Å². The number of hydrogen-bond donors (Lipinski definition) is 0. The summed E-state index contributed by atoms with van der Waals surface area (Å²) in [6.07, 6.45) is 2.14. The van der Waals surface area contributed by atoms with Crippen LogP contribution in [0.15, 0.2) is 39.0 Å². The van der Waals surface area contributed by atoms with Crippen molar-refractivity contribution < 1.29 is 8.42 Å². The average molecular weight is 475 g/mol. The summed E-state index contributed by atoms with van der Waals surface area (Å²) in [7, 11) is -0.175. The molecule has 10 nitrogen and oxygen atoms in total. The zero-order chi connectivity index (χ0) is 23.9. The van der Waals surface area contributed by atoms with Crippen molar-refractivity contribution in [3.63, 3.8) is 0 Å². The summed E-state index contributed by atoms with van der Waals surface area (Å²) in [4.78, 5) is 32.1. The maximum absolute atomic E-state index is 13.1. The molecule has 0 atom stereocenters. The fourth-order valence-electron chi connectivity index (χ4n) is 4.47. The Morgan fingerprint density at radius 1 is 1.00 bits per heavy atom. The van der Waals surface area contributed by atoms with Crippen LogP contribution in [0, 0.1) is 13.8 Å². The van der Waals surface area contributed by atoms with E-state index in [0.29, 0.717) is 61.7 Å². The van der Waals surface area contributed by atoms with Crippen LogP contribution >= 0.6 is 0 Å². The highest BCUT2D eigenvalue weighted by Crippen LogP contribution is 2.22. The van der Waals surface area contributed by atoms with E-state index in [1.807, 2.05) is 26.0 Å². The molecule has 1 saturated heterocycles. The number of nitrogens with zero attached hydrogens (tertiary/aromatic N) is 6. The van der Waals surface area contributed by atoms with Crippen molar-refractivity contribution in [1.29, 1.82) is 0 Å². The molecule has 1 fully saturated rings. The molecule has 1 aliphatic rings. The molecule has 0 saturated carbocycles. The lowest BCUT2D eigenvalue weighted by Gasteiger charge is -2.34. The number of benzene rings is 1. The van der Waals surface area contributed by atoms with E-state index < -0.39 is 10.0 Å². The van der Waals surface area contributed by atoms with Crippen LogP contribution in [0.5, 0.6) is 0 Å². The van der Waals surface area contributed by atoms with Crippen LogP contribution in [0.1, 0.15) is 17.5 Å². The van der Waals surface area contributed by atoms with Gasteiger partial charge in [-0.3, -0.25) is 13.9 Å². The summed E-state index contributed by atoms with van der Waals surface area (Å²) in [5, 5.41) is 0.